The van der Waals surface area contributed by atoms with Crippen molar-refractivity contribution in [3.63, 3.8) is 0 Å². The topological polar surface area (TPSA) is 72.8 Å². The number of hydrogen-bond donors (Lipinski definition) is 1. The van der Waals surface area contributed by atoms with Gasteiger partial charge in [0.15, 0.2) is 12.4 Å². The van der Waals surface area contributed by atoms with Crippen molar-refractivity contribution in [1.29, 1.82) is 0 Å². The van der Waals surface area contributed by atoms with Crippen LogP contribution >= 0.6 is 15.9 Å². The Bertz CT molecular complexity index is 694. The van der Waals surface area contributed by atoms with Gasteiger partial charge in [0.1, 0.15) is 17.1 Å². The smallest absolute Gasteiger partial charge is 0.342 e. The van der Waals surface area contributed by atoms with E-state index < -0.39 is 12.6 Å². The maximum absolute atomic E-state index is 11.9. The molecule has 0 aliphatic carbocycles. The molecule has 2 aromatic carbocycles. The first-order valence-electron chi connectivity index (χ1n) is 6.34. The summed E-state index contributed by atoms with van der Waals surface area (Å²) in [4.78, 5) is 23.8. The van der Waals surface area contributed by atoms with Gasteiger partial charge in [0.05, 0.1) is 7.11 Å². The zero-order chi connectivity index (χ0) is 16.1. The third-order valence-corrected chi connectivity index (χ3v) is 3.45. The molecule has 1 N–H and O–H groups in total. The highest BCUT2D eigenvalue weighted by Crippen LogP contribution is 2.24. The summed E-state index contributed by atoms with van der Waals surface area (Å²) in [5.41, 5.74) is 0.416. The van der Waals surface area contributed by atoms with Crippen LogP contribution in [-0.4, -0.2) is 30.6 Å². The summed E-state index contributed by atoms with van der Waals surface area (Å²) >= 11 is 3.27. The molecule has 0 aliphatic heterocycles. The number of hydrogen-bond acceptors (Lipinski definition) is 5. The second-order valence-electron chi connectivity index (χ2n) is 4.39. The Labute approximate surface area is 135 Å². The monoisotopic (exact) mass is 364 g/mol. The van der Waals surface area contributed by atoms with E-state index in [9.17, 15) is 14.7 Å². The lowest BCUT2D eigenvalue weighted by atomic mass is 10.1. The maximum atomic E-state index is 11.9. The molecule has 0 saturated carbocycles. The number of ether oxygens (including phenoxy) is 2. The standard InChI is InChI=1S/C16H13BrO5/c1-21-12-6-7-13(14(18)8-12)16(20)22-9-15(19)10-2-4-11(17)5-3-10/h2-8,18H,9H2,1H3. The predicted molar refractivity (Wildman–Crippen MR) is 83.4 cm³/mol. The number of phenols is 1. The van der Waals surface area contributed by atoms with Crippen molar-refractivity contribution in [2.24, 2.45) is 0 Å². The quantitative estimate of drug-likeness (QED) is 0.651. The molecule has 0 unspecified atom stereocenters. The first-order valence-corrected chi connectivity index (χ1v) is 7.13. The van der Waals surface area contributed by atoms with Crippen molar-refractivity contribution < 1.29 is 24.2 Å². The van der Waals surface area contributed by atoms with E-state index in [-0.39, 0.29) is 17.1 Å². The van der Waals surface area contributed by atoms with Crippen molar-refractivity contribution >= 4 is 27.7 Å². The molecule has 2 rings (SSSR count). The summed E-state index contributed by atoms with van der Waals surface area (Å²) in [6.07, 6.45) is 0. The lowest BCUT2D eigenvalue weighted by Gasteiger charge is -2.07. The largest absolute Gasteiger partial charge is 0.507 e. The molecule has 0 radical (unpaired) electrons. The van der Waals surface area contributed by atoms with Crippen molar-refractivity contribution in [1.82, 2.24) is 0 Å². The Morgan fingerprint density at radius 1 is 1.14 bits per heavy atom. The minimum absolute atomic E-state index is 0.0237. The van der Waals surface area contributed by atoms with Crippen LogP contribution in [0, 0.1) is 0 Å². The predicted octanol–water partition coefficient (Wildman–Crippen LogP) is 3.20. The van der Waals surface area contributed by atoms with Gasteiger partial charge in [-0.15, -0.1) is 0 Å². The number of carbonyl (C=O) groups is 2. The number of carbonyl (C=O) groups excluding carboxylic acids is 2. The van der Waals surface area contributed by atoms with E-state index in [4.69, 9.17) is 9.47 Å². The third-order valence-electron chi connectivity index (χ3n) is 2.93. The molecule has 0 aliphatic rings. The van der Waals surface area contributed by atoms with E-state index in [1.54, 1.807) is 24.3 Å². The Kier molecular flexibility index (Phi) is 5.16. The Morgan fingerprint density at radius 3 is 2.41 bits per heavy atom. The summed E-state index contributed by atoms with van der Waals surface area (Å²) in [5.74, 6) is -0.945. The normalized spacial score (nSPS) is 10.1. The van der Waals surface area contributed by atoms with E-state index in [0.29, 0.717) is 11.3 Å². The first kappa shape index (κ1) is 16.0. The number of halogens is 1. The molecule has 0 saturated heterocycles. The van der Waals surface area contributed by atoms with Crippen LogP contribution in [0.25, 0.3) is 0 Å². The minimum Gasteiger partial charge on any atom is -0.507 e. The molecule has 0 amide bonds. The number of Topliss-reactive ketones (excluding diaryl/α,β-unsaturated/α-hetero) is 1. The number of methoxy groups -OCH3 is 1. The van der Waals surface area contributed by atoms with E-state index in [2.05, 4.69) is 15.9 Å². The number of phenolic OH excluding ortho intramolecular Hbond substituents is 1. The van der Waals surface area contributed by atoms with Crippen LogP contribution in [0.1, 0.15) is 20.7 Å². The van der Waals surface area contributed by atoms with Crippen LogP contribution in [0.3, 0.4) is 0 Å². The molecule has 114 valence electrons. The molecule has 5 nitrogen and oxygen atoms in total. The Morgan fingerprint density at radius 2 is 1.82 bits per heavy atom. The third kappa shape index (κ3) is 3.85. The van der Waals surface area contributed by atoms with E-state index in [1.165, 1.54) is 25.3 Å². The van der Waals surface area contributed by atoms with E-state index >= 15 is 0 Å². The Balaban J connectivity index is 2.00. The second-order valence-corrected chi connectivity index (χ2v) is 5.30. The summed E-state index contributed by atoms with van der Waals surface area (Å²) in [6, 6.07) is 10.9. The van der Waals surface area contributed by atoms with Gasteiger partial charge in [-0.05, 0) is 24.3 Å². The van der Waals surface area contributed by atoms with Crippen LogP contribution < -0.4 is 4.74 Å². The fourth-order valence-corrected chi connectivity index (χ4v) is 2.00. The van der Waals surface area contributed by atoms with Crippen LogP contribution in [0.4, 0.5) is 0 Å². The lowest BCUT2D eigenvalue weighted by molar-refractivity contribution is 0.0471. The van der Waals surface area contributed by atoms with Gasteiger partial charge in [-0.25, -0.2) is 4.79 Å². The van der Waals surface area contributed by atoms with Crippen molar-refractivity contribution in [2.45, 2.75) is 0 Å². The van der Waals surface area contributed by atoms with Crippen LogP contribution in [-0.2, 0) is 4.74 Å². The van der Waals surface area contributed by atoms with Gasteiger partial charge in [0.2, 0.25) is 0 Å². The van der Waals surface area contributed by atoms with Crippen molar-refractivity contribution in [3.8, 4) is 11.5 Å². The number of benzene rings is 2. The zero-order valence-electron chi connectivity index (χ0n) is 11.7. The average molecular weight is 365 g/mol. The molecule has 0 aromatic heterocycles. The molecule has 22 heavy (non-hydrogen) atoms. The van der Waals surface area contributed by atoms with Gasteiger partial charge in [0.25, 0.3) is 0 Å². The molecule has 0 fully saturated rings. The molecule has 0 heterocycles. The summed E-state index contributed by atoms with van der Waals surface area (Å²) in [6.45, 7) is -0.397. The number of esters is 1. The SMILES string of the molecule is COc1ccc(C(=O)OCC(=O)c2ccc(Br)cc2)c(O)c1. The van der Waals surface area contributed by atoms with Gasteiger partial charge in [-0.3, -0.25) is 4.79 Å². The molecule has 6 heteroatoms. The molecule has 0 spiro atoms. The summed E-state index contributed by atoms with van der Waals surface area (Å²) in [5, 5.41) is 9.73. The van der Waals surface area contributed by atoms with Crippen molar-refractivity contribution in [2.75, 3.05) is 13.7 Å². The van der Waals surface area contributed by atoms with Crippen LogP contribution in [0.2, 0.25) is 0 Å². The summed E-state index contributed by atoms with van der Waals surface area (Å²) in [7, 11) is 1.45. The van der Waals surface area contributed by atoms with Gasteiger partial charge in [-0.1, -0.05) is 28.1 Å². The lowest BCUT2D eigenvalue weighted by Crippen LogP contribution is -2.14. The van der Waals surface area contributed by atoms with Gasteiger partial charge in [0, 0.05) is 16.1 Å². The second kappa shape index (κ2) is 7.09. The molecular formula is C16H13BrO5. The van der Waals surface area contributed by atoms with Gasteiger partial charge >= 0.3 is 5.97 Å². The minimum atomic E-state index is -0.773. The number of rotatable bonds is 5. The molecule has 0 atom stereocenters. The number of aromatic hydroxyl groups is 1. The van der Waals surface area contributed by atoms with E-state index in [0.717, 1.165) is 4.47 Å². The molecular weight excluding hydrogens is 352 g/mol. The zero-order valence-corrected chi connectivity index (χ0v) is 13.3. The maximum Gasteiger partial charge on any atom is 0.342 e. The Hall–Kier alpha value is -2.34. The number of ketones is 1. The van der Waals surface area contributed by atoms with Crippen LogP contribution in [0.15, 0.2) is 46.9 Å². The highest BCUT2D eigenvalue weighted by atomic mass is 79.9. The fraction of sp³-hybridized carbons (Fsp3) is 0.125. The average Bonchev–Trinajstić information content (AvgIpc) is 2.52. The van der Waals surface area contributed by atoms with Gasteiger partial charge < -0.3 is 14.6 Å². The molecule has 0 bridgehead atoms. The molecule has 2 aromatic rings. The van der Waals surface area contributed by atoms with Gasteiger partial charge in [-0.2, -0.15) is 0 Å². The first-order chi connectivity index (χ1) is 10.5. The van der Waals surface area contributed by atoms with Crippen molar-refractivity contribution in [3.05, 3.63) is 58.1 Å². The highest BCUT2D eigenvalue weighted by molar-refractivity contribution is 9.10. The fourth-order valence-electron chi connectivity index (χ4n) is 1.74. The summed E-state index contributed by atoms with van der Waals surface area (Å²) < 4.78 is 10.7. The van der Waals surface area contributed by atoms with E-state index in [1.807, 2.05) is 0 Å². The highest BCUT2D eigenvalue weighted by Gasteiger charge is 2.15. The van der Waals surface area contributed by atoms with Crippen LogP contribution in [0.5, 0.6) is 11.5 Å².